The number of amides is 1. The zero-order chi connectivity index (χ0) is 18.3. The third-order valence-electron chi connectivity index (χ3n) is 4.19. The molecule has 7 heteroatoms. The molecular formula is C19H15ClN4OS. The van der Waals surface area contributed by atoms with Crippen molar-refractivity contribution >= 4 is 57.1 Å². The molecule has 0 spiro atoms. The number of halogens is 1. The molecule has 2 aromatic heterocycles. The molecule has 1 fully saturated rings. The summed E-state index contributed by atoms with van der Waals surface area (Å²) >= 11 is 7.46. The standard InChI is InChI=1S/C19H15ClN4OS/c1-23-11-12(13-5-3-4-6-16(13)23)9-17-18(25)24(2)19(26-17)22-15-7-8-21-10-14(15)20/h3-11H,1-2H3/b17-9-,22-19?. The molecule has 130 valence electrons. The molecule has 1 aliphatic heterocycles. The van der Waals surface area contributed by atoms with E-state index in [1.54, 1.807) is 24.2 Å². The average molecular weight is 383 g/mol. The second kappa shape index (κ2) is 6.63. The minimum absolute atomic E-state index is 0.0770. The minimum atomic E-state index is -0.0770. The minimum Gasteiger partial charge on any atom is -0.350 e. The topological polar surface area (TPSA) is 50.5 Å². The van der Waals surface area contributed by atoms with Crippen molar-refractivity contribution in [1.29, 1.82) is 0 Å². The molecule has 26 heavy (non-hydrogen) atoms. The van der Waals surface area contributed by atoms with Crippen LogP contribution in [-0.4, -0.2) is 32.6 Å². The molecule has 0 N–H and O–H groups in total. The van der Waals surface area contributed by atoms with Gasteiger partial charge in [-0.3, -0.25) is 14.7 Å². The first-order valence-corrected chi connectivity index (χ1v) is 9.14. The number of rotatable bonds is 2. The van der Waals surface area contributed by atoms with E-state index >= 15 is 0 Å². The highest BCUT2D eigenvalue weighted by atomic mass is 35.5. The number of pyridine rings is 1. The van der Waals surface area contributed by atoms with Crippen LogP contribution in [0.2, 0.25) is 5.02 Å². The number of hydrogen-bond donors (Lipinski definition) is 0. The van der Waals surface area contributed by atoms with Gasteiger partial charge in [0, 0.05) is 49.2 Å². The summed E-state index contributed by atoms with van der Waals surface area (Å²) in [6.45, 7) is 0. The fourth-order valence-corrected chi connectivity index (χ4v) is 3.97. The van der Waals surface area contributed by atoms with Gasteiger partial charge in [-0.05, 0) is 30.0 Å². The third kappa shape index (κ3) is 2.91. The van der Waals surface area contributed by atoms with E-state index < -0.39 is 0 Å². The Morgan fingerprint density at radius 3 is 2.85 bits per heavy atom. The second-order valence-electron chi connectivity index (χ2n) is 5.91. The van der Waals surface area contributed by atoms with Crippen molar-refractivity contribution in [2.45, 2.75) is 0 Å². The molecule has 1 saturated heterocycles. The molecule has 0 atom stereocenters. The lowest BCUT2D eigenvalue weighted by Crippen LogP contribution is -2.23. The normalized spacial score (nSPS) is 17.8. The number of hydrogen-bond acceptors (Lipinski definition) is 4. The molecule has 0 radical (unpaired) electrons. The van der Waals surface area contributed by atoms with Gasteiger partial charge in [-0.15, -0.1) is 0 Å². The highest BCUT2D eigenvalue weighted by Gasteiger charge is 2.30. The third-order valence-corrected chi connectivity index (χ3v) is 5.54. The Kier molecular flexibility index (Phi) is 4.30. The van der Waals surface area contributed by atoms with Crippen molar-refractivity contribution in [1.82, 2.24) is 14.5 Å². The summed E-state index contributed by atoms with van der Waals surface area (Å²) in [5.41, 5.74) is 2.73. The molecule has 0 bridgehead atoms. The Morgan fingerprint density at radius 2 is 2.04 bits per heavy atom. The van der Waals surface area contributed by atoms with Crippen LogP contribution in [0, 0.1) is 0 Å². The van der Waals surface area contributed by atoms with Crippen LogP contribution in [0.4, 0.5) is 5.69 Å². The number of likely N-dealkylation sites (N-methyl/N-ethyl adjacent to an activating group) is 1. The molecule has 1 aliphatic rings. The first-order chi connectivity index (χ1) is 12.5. The Morgan fingerprint density at radius 1 is 1.23 bits per heavy atom. The van der Waals surface area contributed by atoms with Crippen molar-refractivity contribution < 1.29 is 4.79 Å². The molecule has 5 nitrogen and oxygen atoms in total. The van der Waals surface area contributed by atoms with Gasteiger partial charge in [0.1, 0.15) is 0 Å². The summed E-state index contributed by atoms with van der Waals surface area (Å²) < 4.78 is 2.06. The Hall–Kier alpha value is -2.57. The van der Waals surface area contributed by atoms with Gasteiger partial charge in [0.15, 0.2) is 5.17 Å². The lowest BCUT2D eigenvalue weighted by atomic mass is 10.1. The van der Waals surface area contributed by atoms with Crippen molar-refractivity contribution in [2.24, 2.45) is 12.0 Å². The van der Waals surface area contributed by atoms with Gasteiger partial charge in [-0.1, -0.05) is 29.8 Å². The Labute approximate surface area is 160 Å². The largest absolute Gasteiger partial charge is 0.350 e. The van der Waals surface area contributed by atoms with Crippen molar-refractivity contribution in [3.8, 4) is 0 Å². The summed E-state index contributed by atoms with van der Waals surface area (Å²) in [6.07, 6.45) is 7.11. The van der Waals surface area contributed by atoms with E-state index in [0.717, 1.165) is 16.5 Å². The molecule has 4 rings (SSSR count). The second-order valence-corrected chi connectivity index (χ2v) is 7.33. The maximum absolute atomic E-state index is 12.6. The van der Waals surface area contributed by atoms with E-state index in [-0.39, 0.29) is 5.91 Å². The fraction of sp³-hybridized carbons (Fsp3) is 0.105. The number of aliphatic imine (C=N–C) groups is 1. The number of amidine groups is 1. The Bertz CT molecular complexity index is 1090. The molecule has 0 unspecified atom stereocenters. The van der Waals surface area contributed by atoms with Gasteiger partial charge in [0.05, 0.1) is 15.6 Å². The van der Waals surface area contributed by atoms with E-state index in [1.165, 1.54) is 18.0 Å². The molecule has 1 aromatic carbocycles. The van der Waals surface area contributed by atoms with E-state index in [1.807, 2.05) is 31.5 Å². The molecule has 3 aromatic rings. The molecule has 3 heterocycles. The lowest BCUT2D eigenvalue weighted by molar-refractivity contribution is -0.121. The van der Waals surface area contributed by atoms with Gasteiger partial charge in [-0.25, -0.2) is 4.99 Å². The zero-order valence-electron chi connectivity index (χ0n) is 14.2. The summed E-state index contributed by atoms with van der Waals surface area (Å²) in [6, 6.07) is 9.84. The number of carbonyl (C=O) groups is 1. The first kappa shape index (κ1) is 16.9. The van der Waals surface area contributed by atoms with E-state index in [2.05, 4.69) is 26.7 Å². The van der Waals surface area contributed by atoms with Crippen LogP contribution in [0.25, 0.3) is 17.0 Å². The van der Waals surface area contributed by atoms with E-state index in [4.69, 9.17) is 11.6 Å². The van der Waals surface area contributed by atoms with Crippen LogP contribution < -0.4 is 0 Å². The SMILES string of the molecule is CN1C(=O)/C(=C/c2cn(C)c3ccccc23)SC1=Nc1ccncc1Cl. The van der Waals surface area contributed by atoms with Crippen molar-refractivity contribution in [3.05, 3.63) is 64.4 Å². The predicted octanol–water partition coefficient (Wildman–Crippen LogP) is 4.46. The number of para-hydroxylation sites is 1. The van der Waals surface area contributed by atoms with Gasteiger partial charge in [-0.2, -0.15) is 0 Å². The summed E-state index contributed by atoms with van der Waals surface area (Å²) in [5, 5.41) is 2.16. The molecular weight excluding hydrogens is 368 g/mol. The van der Waals surface area contributed by atoms with Crippen LogP contribution in [0.15, 0.2) is 58.8 Å². The van der Waals surface area contributed by atoms with Crippen molar-refractivity contribution in [3.63, 3.8) is 0 Å². The monoisotopic (exact) mass is 382 g/mol. The number of aromatic nitrogens is 2. The molecule has 0 saturated carbocycles. The maximum atomic E-state index is 12.6. The summed E-state index contributed by atoms with van der Waals surface area (Å²) in [7, 11) is 3.71. The van der Waals surface area contributed by atoms with Gasteiger partial charge < -0.3 is 4.57 Å². The highest BCUT2D eigenvalue weighted by Crippen LogP contribution is 2.35. The number of benzene rings is 1. The van der Waals surface area contributed by atoms with Crippen molar-refractivity contribution in [2.75, 3.05) is 7.05 Å². The summed E-state index contributed by atoms with van der Waals surface area (Å²) in [4.78, 5) is 23.3. The maximum Gasteiger partial charge on any atom is 0.266 e. The van der Waals surface area contributed by atoms with E-state index in [9.17, 15) is 4.79 Å². The van der Waals surface area contributed by atoms with Crippen LogP contribution in [0.3, 0.4) is 0 Å². The lowest BCUT2D eigenvalue weighted by Gasteiger charge is -2.07. The number of aryl methyl sites for hydroxylation is 1. The Balaban J connectivity index is 1.73. The number of fused-ring (bicyclic) bond motifs is 1. The summed E-state index contributed by atoms with van der Waals surface area (Å²) in [5.74, 6) is -0.0770. The first-order valence-electron chi connectivity index (χ1n) is 7.94. The molecule has 0 aliphatic carbocycles. The number of nitrogens with zero attached hydrogens (tertiary/aromatic N) is 4. The predicted molar refractivity (Wildman–Crippen MR) is 108 cm³/mol. The molecule has 1 amide bonds. The van der Waals surface area contributed by atoms with Crippen LogP contribution in [0.1, 0.15) is 5.56 Å². The van der Waals surface area contributed by atoms with Gasteiger partial charge in [0.2, 0.25) is 0 Å². The number of carbonyl (C=O) groups excluding carboxylic acids is 1. The van der Waals surface area contributed by atoms with Crippen LogP contribution in [0.5, 0.6) is 0 Å². The highest BCUT2D eigenvalue weighted by molar-refractivity contribution is 8.18. The van der Waals surface area contributed by atoms with Gasteiger partial charge in [0.25, 0.3) is 5.91 Å². The smallest absolute Gasteiger partial charge is 0.266 e. The zero-order valence-corrected chi connectivity index (χ0v) is 15.8. The van der Waals surface area contributed by atoms with Crippen LogP contribution >= 0.6 is 23.4 Å². The average Bonchev–Trinajstić information content (AvgIpc) is 3.10. The van der Waals surface area contributed by atoms with Gasteiger partial charge >= 0.3 is 0 Å². The van der Waals surface area contributed by atoms with Crippen LogP contribution in [-0.2, 0) is 11.8 Å². The van der Waals surface area contributed by atoms with E-state index in [0.29, 0.717) is 20.8 Å². The number of thioether (sulfide) groups is 1. The quantitative estimate of drug-likeness (QED) is 0.615. The fourth-order valence-electron chi connectivity index (χ4n) is 2.84.